The third-order valence-corrected chi connectivity index (χ3v) is 8.00. The Morgan fingerprint density at radius 3 is 2.30 bits per heavy atom. The van der Waals surface area contributed by atoms with E-state index in [1.165, 1.54) is 17.0 Å². The van der Waals surface area contributed by atoms with E-state index in [0.29, 0.717) is 22.8 Å². The largest absolute Gasteiger partial charge is 0.355 e. The molecule has 0 heterocycles. The number of carbonyl (C=O) groups is 2. The van der Waals surface area contributed by atoms with Crippen molar-refractivity contribution in [3.05, 3.63) is 94.5 Å². The van der Waals surface area contributed by atoms with Crippen LogP contribution in [0.4, 0.5) is 5.69 Å². The molecule has 0 saturated carbocycles. The lowest BCUT2D eigenvalue weighted by Gasteiger charge is -2.32. The molecule has 0 aliphatic rings. The Labute approximate surface area is 224 Å². The van der Waals surface area contributed by atoms with Gasteiger partial charge in [-0.15, -0.1) is 0 Å². The summed E-state index contributed by atoms with van der Waals surface area (Å²) in [7, 11) is -4.11. The van der Waals surface area contributed by atoms with E-state index in [0.717, 1.165) is 15.4 Å². The summed E-state index contributed by atoms with van der Waals surface area (Å²) in [5.41, 5.74) is 2.79. The van der Waals surface area contributed by atoms with Crippen LogP contribution in [0.3, 0.4) is 0 Å². The predicted octanol–water partition coefficient (Wildman–Crippen LogP) is 4.71. The minimum absolute atomic E-state index is 0.0548. The minimum atomic E-state index is -4.11. The number of aryl methyl sites for hydroxylation is 2. The van der Waals surface area contributed by atoms with Gasteiger partial charge in [0, 0.05) is 18.1 Å². The Bertz CT molecular complexity index is 1360. The molecule has 9 heteroatoms. The number of nitrogens with one attached hydrogen (secondary N) is 1. The van der Waals surface area contributed by atoms with Gasteiger partial charge < -0.3 is 10.2 Å². The van der Waals surface area contributed by atoms with Gasteiger partial charge in [0.05, 0.1) is 10.6 Å². The van der Waals surface area contributed by atoms with Gasteiger partial charge in [0.15, 0.2) is 0 Å². The number of nitrogens with zero attached hydrogens (tertiary/aromatic N) is 2. The molecule has 3 aromatic rings. The molecule has 196 valence electrons. The van der Waals surface area contributed by atoms with E-state index in [4.69, 9.17) is 11.6 Å². The lowest BCUT2D eigenvalue weighted by atomic mass is 10.1. The maximum Gasteiger partial charge on any atom is 0.264 e. The number of hydrogen-bond acceptors (Lipinski definition) is 4. The molecule has 0 aliphatic carbocycles. The molecule has 3 aromatic carbocycles. The van der Waals surface area contributed by atoms with Crippen molar-refractivity contribution in [2.45, 2.75) is 45.2 Å². The topological polar surface area (TPSA) is 86.8 Å². The minimum Gasteiger partial charge on any atom is -0.355 e. The predicted molar refractivity (Wildman–Crippen MR) is 147 cm³/mol. The van der Waals surface area contributed by atoms with E-state index < -0.39 is 28.5 Å². The van der Waals surface area contributed by atoms with Gasteiger partial charge in [-0.25, -0.2) is 8.42 Å². The van der Waals surface area contributed by atoms with Gasteiger partial charge in [0.2, 0.25) is 11.8 Å². The van der Waals surface area contributed by atoms with Gasteiger partial charge in [0.25, 0.3) is 10.0 Å². The molecule has 1 N–H and O–H groups in total. The average Bonchev–Trinajstić information content (AvgIpc) is 2.86. The van der Waals surface area contributed by atoms with E-state index in [2.05, 4.69) is 5.32 Å². The Balaban J connectivity index is 2.05. The van der Waals surface area contributed by atoms with Crippen molar-refractivity contribution < 1.29 is 18.0 Å². The molecule has 1 atom stereocenters. The monoisotopic (exact) mass is 541 g/mol. The van der Waals surface area contributed by atoms with Gasteiger partial charge >= 0.3 is 0 Å². The van der Waals surface area contributed by atoms with Gasteiger partial charge in [-0.2, -0.15) is 0 Å². The van der Waals surface area contributed by atoms with Crippen LogP contribution in [0.2, 0.25) is 5.02 Å². The smallest absolute Gasteiger partial charge is 0.264 e. The van der Waals surface area contributed by atoms with Crippen molar-refractivity contribution in [2.24, 2.45) is 0 Å². The summed E-state index contributed by atoms with van der Waals surface area (Å²) in [6.07, 6.45) is 0. The average molecular weight is 542 g/mol. The van der Waals surface area contributed by atoms with E-state index >= 15 is 0 Å². The van der Waals surface area contributed by atoms with Crippen LogP contribution in [0, 0.1) is 13.8 Å². The lowest BCUT2D eigenvalue weighted by molar-refractivity contribution is -0.139. The first kappa shape index (κ1) is 28.2. The highest BCUT2D eigenvalue weighted by atomic mass is 35.5. The lowest BCUT2D eigenvalue weighted by Crippen LogP contribution is -2.51. The van der Waals surface area contributed by atoms with Crippen LogP contribution >= 0.6 is 11.6 Å². The SMILES string of the molecule is CCNC(=O)C(C)N(Cc1cccc(C)c1)C(=O)CN(c1ccc(Cl)cc1C)S(=O)(=O)c1ccccc1. The van der Waals surface area contributed by atoms with Crippen LogP contribution < -0.4 is 9.62 Å². The second kappa shape index (κ2) is 12.3. The number of hydrogen-bond donors (Lipinski definition) is 1. The van der Waals surface area contributed by atoms with Crippen molar-refractivity contribution >= 4 is 39.1 Å². The number of anilines is 1. The fourth-order valence-electron chi connectivity index (χ4n) is 4.04. The van der Waals surface area contributed by atoms with Gasteiger partial charge in [-0.05, 0) is 69.2 Å². The van der Waals surface area contributed by atoms with Gasteiger partial charge in [-0.1, -0.05) is 59.6 Å². The quantitative estimate of drug-likeness (QED) is 0.403. The Morgan fingerprint density at radius 1 is 0.973 bits per heavy atom. The molecule has 0 saturated heterocycles. The van der Waals surface area contributed by atoms with Gasteiger partial charge in [-0.3, -0.25) is 13.9 Å². The number of benzene rings is 3. The molecule has 2 amide bonds. The molecule has 1 unspecified atom stereocenters. The molecule has 0 fully saturated rings. The van der Waals surface area contributed by atoms with Crippen molar-refractivity contribution in [3.63, 3.8) is 0 Å². The molecule has 7 nitrogen and oxygen atoms in total. The molecule has 0 bridgehead atoms. The summed E-state index contributed by atoms with van der Waals surface area (Å²) in [5, 5.41) is 3.21. The standard InChI is InChI=1S/C28H32ClN3O4S/c1-5-30-28(34)22(4)31(18-23-11-9-10-20(2)16-23)27(33)19-32(26-15-14-24(29)17-21(26)3)37(35,36)25-12-7-6-8-13-25/h6-17,22H,5,18-19H2,1-4H3,(H,30,34). The molecule has 0 aliphatic heterocycles. The molecule has 3 rings (SSSR count). The first-order valence-corrected chi connectivity index (χ1v) is 13.8. The Morgan fingerprint density at radius 2 is 1.68 bits per heavy atom. The highest BCUT2D eigenvalue weighted by molar-refractivity contribution is 7.92. The van der Waals surface area contributed by atoms with Crippen LogP contribution in [0.15, 0.2) is 77.7 Å². The van der Waals surface area contributed by atoms with E-state index in [-0.39, 0.29) is 17.3 Å². The molecule has 0 spiro atoms. The summed E-state index contributed by atoms with van der Waals surface area (Å²) in [4.78, 5) is 28.1. The summed E-state index contributed by atoms with van der Waals surface area (Å²) >= 11 is 6.13. The van der Waals surface area contributed by atoms with Crippen LogP contribution in [0.1, 0.15) is 30.5 Å². The summed E-state index contributed by atoms with van der Waals surface area (Å²) in [6, 6.07) is 19.6. The van der Waals surface area contributed by atoms with E-state index in [9.17, 15) is 18.0 Å². The zero-order valence-electron chi connectivity index (χ0n) is 21.4. The normalized spacial score (nSPS) is 12.0. The molecule has 0 radical (unpaired) electrons. The fraction of sp³-hybridized carbons (Fsp3) is 0.286. The molecular weight excluding hydrogens is 510 g/mol. The summed E-state index contributed by atoms with van der Waals surface area (Å²) in [5.74, 6) is -0.822. The maximum atomic E-state index is 13.8. The van der Waals surface area contributed by atoms with E-state index in [1.54, 1.807) is 57.2 Å². The van der Waals surface area contributed by atoms with Crippen LogP contribution in [0.25, 0.3) is 0 Å². The third-order valence-electron chi connectivity index (χ3n) is 5.99. The first-order valence-electron chi connectivity index (χ1n) is 12.0. The van der Waals surface area contributed by atoms with E-state index in [1.807, 2.05) is 31.2 Å². The summed E-state index contributed by atoms with van der Waals surface area (Å²) < 4.78 is 28.6. The Kier molecular flexibility index (Phi) is 9.34. The zero-order valence-corrected chi connectivity index (χ0v) is 23.0. The number of carbonyl (C=O) groups excluding carboxylic acids is 2. The highest BCUT2D eigenvalue weighted by Gasteiger charge is 2.33. The van der Waals surface area contributed by atoms with Crippen LogP contribution in [0.5, 0.6) is 0 Å². The maximum absolute atomic E-state index is 13.8. The number of rotatable bonds is 10. The highest BCUT2D eigenvalue weighted by Crippen LogP contribution is 2.29. The Hall–Kier alpha value is -3.36. The van der Waals surface area contributed by atoms with Crippen LogP contribution in [-0.4, -0.2) is 44.3 Å². The third kappa shape index (κ3) is 6.90. The van der Waals surface area contributed by atoms with Crippen molar-refractivity contribution in [3.8, 4) is 0 Å². The number of halogens is 1. The second-order valence-corrected chi connectivity index (χ2v) is 11.1. The van der Waals surface area contributed by atoms with Crippen molar-refractivity contribution in [1.29, 1.82) is 0 Å². The molecule has 0 aromatic heterocycles. The number of sulfonamides is 1. The number of amides is 2. The second-order valence-electron chi connectivity index (χ2n) is 8.84. The van der Waals surface area contributed by atoms with Crippen molar-refractivity contribution in [2.75, 3.05) is 17.4 Å². The summed E-state index contributed by atoms with van der Waals surface area (Å²) in [6.45, 7) is 7.19. The zero-order chi connectivity index (χ0) is 27.2. The van der Waals surface area contributed by atoms with Crippen molar-refractivity contribution in [1.82, 2.24) is 10.2 Å². The molecule has 37 heavy (non-hydrogen) atoms. The first-order chi connectivity index (χ1) is 17.5. The van der Waals surface area contributed by atoms with Crippen LogP contribution in [-0.2, 0) is 26.2 Å². The number of likely N-dealkylation sites (N-methyl/N-ethyl adjacent to an activating group) is 1. The van der Waals surface area contributed by atoms with Gasteiger partial charge in [0.1, 0.15) is 12.6 Å². The molecular formula is C28H32ClN3O4S. The fourth-order valence-corrected chi connectivity index (χ4v) is 5.77.